The molecule has 1 aliphatic heterocycles. The molecule has 0 fully saturated rings. The Bertz CT molecular complexity index is 851. The van der Waals surface area contributed by atoms with Gasteiger partial charge in [-0.25, -0.2) is 0 Å². The van der Waals surface area contributed by atoms with E-state index in [0.29, 0.717) is 16.7 Å². The molecule has 0 radical (unpaired) electrons. The van der Waals surface area contributed by atoms with Crippen LogP contribution < -0.4 is 10.1 Å². The summed E-state index contributed by atoms with van der Waals surface area (Å²) >= 11 is 3.09. The molecule has 1 atom stereocenters. The molecule has 1 aliphatic rings. The van der Waals surface area contributed by atoms with Gasteiger partial charge in [0.05, 0.1) is 4.88 Å². The van der Waals surface area contributed by atoms with Crippen molar-refractivity contribution in [2.24, 2.45) is 0 Å². The molecule has 0 bridgehead atoms. The molecule has 0 aliphatic carbocycles. The fraction of sp³-hybridized carbons (Fsp3) is 0.188. The largest absolute Gasteiger partial charge is 0.447 e. The molecular weight excluding hydrogens is 328 g/mol. The zero-order chi connectivity index (χ0) is 15.8. The Morgan fingerprint density at radius 2 is 2.17 bits per heavy atom. The summed E-state index contributed by atoms with van der Waals surface area (Å²) in [5.41, 5.74) is 3.77. The maximum Gasteiger partial charge on any atom is 0.247 e. The second kappa shape index (κ2) is 5.82. The highest BCUT2D eigenvalue weighted by Gasteiger charge is 2.26. The maximum absolute atomic E-state index is 6.14. The topological polar surface area (TPSA) is 59.9 Å². The molecule has 0 saturated carbocycles. The van der Waals surface area contributed by atoms with Crippen LogP contribution in [0.25, 0.3) is 11.3 Å². The Balaban J connectivity index is 1.90. The maximum atomic E-state index is 6.14. The SMILES string of the molecule is CSc1nnc2c(n1)O[C@H](c1cccs1)Nc1ccc(C)cc1-2. The number of anilines is 1. The van der Waals surface area contributed by atoms with Crippen molar-refractivity contribution in [3.63, 3.8) is 0 Å². The third-order valence-corrected chi connectivity index (χ3v) is 5.02. The van der Waals surface area contributed by atoms with Crippen LogP contribution in [0.5, 0.6) is 5.88 Å². The lowest BCUT2D eigenvalue weighted by Crippen LogP contribution is -2.15. The van der Waals surface area contributed by atoms with E-state index in [1.165, 1.54) is 11.8 Å². The van der Waals surface area contributed by atoms with E-state index in [1.54, 1.807) is 11.3 Å². The normalized spacial score (nSPS) is 15.8. The Morgan fingerprint density at radius 1 is 1.26 bits per heavy atom. The van der Waals surface area contributed by atoms with Crippen LogP contribution in [0.2, 0.25) is 0 Å². The summed E-state index contributed by atoms with van der Waals surface area (Å²) in [6.07, 6.45) is 1.64. The number of ether oxygens (including phenoxy) is 1. The van der Waals surface area contributed by atoms with E-state index in [1.807, 2.05) is 29.8 Å². The van der Waals surface area contributed by atoms with Crippen molar-refractivity contribution in [1.29, 1.82) is 0 Å². The minimum Gasteiger partial charge on any atom is -0.447 e. The van der Waals surface area contributed by atoms with Crippen molar-refractivity contribution in [1.82, 2.24) is 15.2 Å². The zero-order valence-electron chi connectivity index (χ0n) is 12.6. The van der Waals surface area contributed by atoms with Gasteiger partial charge < -0.3 is 10.1 Å². The molecule has 2 aromatic heterocycles. The molecule has 116 valence electrons. The first-order valence-electron chi connectivity index (χ1n) is 7.11. The van der Waals surface area contributed by atoms with Gasteiger partial charge in [0.25, 0.3) is 0 Å². The molecule has 5 nitrogen and oxygen atoms in total. The van der Waals surface area contributed by atoms with Gasteiger partial charge >= 0.3 is 0 Å². The molecule has 7 heteroatoms. The summed E-state index contributed by atoms with van der Waals surface area (Å²) in [7, 11) is 0. The van der Waals surface area contributed by atoms with Crippen molar-refractivity contribution in [2.75, 3.05) is 11.6 Å². The number of thiophene rings is 1. The molecule has 0 unspecified atom stereocenters. The first kappa shape index (κ1) is 14.5. The van der Waals surface area contributed by atoms with Crippen LogP contribution in [-0.4, -0.2) is 21.4 Å². The first-order valence-corrected chi connectivity index (χ1v) is 9.21. The monoisotopic (exact) mass is 342 g/mol. The van der Waals surface area contributed by atoms with E-state index in [9.17, 15) is 0 Å². The number of aryl methyl sites for hydroxylation is 1. The van der Waals surface area contributed by atoms with Crippen LogP contribution in [0.1, 0.15) is 16.7 Å². The van der Waals surface area contributed by atoms with Gasteiger partial charge in [0, 0.05) is 11.3 Å². The molecule has 0 amide bonds. The van der Waals surface area contributed by atoms with Crippen molar-refractivity contribution < 1.29 is 4.74 Å². The van der Waals surface area contributed by atoms with Gasteiger partial charge in [-0.05, 0) is 36.8 Å². The van der Waals surface area contributed by atoms with Crippen molar-refractivity contribution in [3.8, 4) is 17.1 Å². The Hall–Kier alpha value is -2.12. The third-order valence-electron chi connectivity index (χ3n) is 3.57. The Morgan fingerprint density at radius 3 is 2.96 bits per heavy atom. The van der Waals surface area contributed by atoms with E-state index in [2.05, 4.69) is 39.6 Å². The van der Waals surface area contributed by atoms with Crippen molar-refractivity contribution in [3.05, 3.63) is 46.2 Å². The van der Waals surface area contributed by atoms with Gasteiger partial charge in [0.1, 0.15) is 0 Å². The van der Waals surface area contributed by atoms with Crippen LogP contribution in [0.3, 0.4) is 0 Å². The Kier molecular flexibility index (Phi) is 3.66. The zero-order valence-corrected chi connectivity index (χ0v) is 14.2. The standard InChI is InChI=1S/C16H14N4OS2/c1-9-5-6-11-10(8-9)13-15(18-16(22-2)20-19-13)21-14(17-11)12-4-3-7-23-12/h3-8,14,17H,1-2H3/t14-/m1/s1. The summed E-state index contributed by atoms with van der Waals surface area (Å²) < 4.78 is 6.14. The van der Waals surface area contributed by atoms with Crippen molar-refractivity contribution in [2.45, 2.75) is 18.3 Å². The van der Waals surface area contributed by atoms with Gasteiger partial charge in [-0.3, -0.25) is 0 Å². The number of fused-ring (bicyclic) bond motifs is 3. The number of thioether (sulfide) groups is 1. The van der Waals surface area contributed by atoms with E-state index < -0.39 is 0 Å². The first-order chi connectivity index (χ1) is 11.2. The lowest BCUT2D eigenvalue weighted by Gasteiger charge is -2.17. The highest BCUT2D eigenvalue weighted by molar-refractivity contribution is 7.98. The highest BCUT2D eigenvalue weighted by atomic mass is 32.2. The molecule has 3 aromatic rings. The Labute approximate surface area is 142 Å². The number of aromatic nitrogens is 3. The number of nitrogens with zero attached hydrogens (tertiary/aromatic N) is 3. The summed E-state index contributed by atoms with van der Waals surface area (Å²) in [5.74, 6) is 0.514. The lowest BCUT2D eigenvalue weighted by molar-refractivity contribution is 0.229. The van der Waals surface area contributed by atoms with E-state index >= 15 is 0 Å². The predicted octanol–water partition coefficient (Wildman–Crippen LogP) is 4.13. The van der Waals surface area contributed by atoms with Crippen molar-refractivity contribution >= 4 is 28.8 Å². The van der Waals surface area contributed by atoms with Gasteiger partial charge in [-0.1, -0.05) is 29.5 Å². The fourth-order valence-electron chi connectivity index (χ4n) is 2.47. The van der Waals surface area contributed by atoms with E-state index in [0.717, 1.165) is 21.7 Å². The van der Waals surface area contributed by atoms with Crippen LogP contribution in [-0.2, 0) is 0 Å². The lowest BCUT2D eigenvalue weighted by atomic mass is 10.1. The summed E-state index contributed by atoms with van der Waals surface area (Å²) in [6, 6.07) is 10.3. The summed E-state index contributed by atoms with van der Waals surface area (Å²) in [4.78, 5) is 5.60. The second-order valence-corrected chi connectivity index (χ2v) is 6.91. The smallest absolute Gasteiger partial charge is 0.247 e. The van der Waals surface area contributed by atoms with Gasteiger partial charge in [0.15, 0.2) is 5.69 Å². The third kappa shape index (κ3) is 2.66. The number of hydrogen-bond acceptors (Lipinski definition) is 7. The molecule has 3 heterocycles. The van der Waals surface area contributed by atoms with Crippen LogP contribution in [0.4, 0.5) is 5.69 Å². The van der Waals surface area contributed by atoms with Crippen LogP contribution >= 0.6 is 23.1 Å². The molecule has 0 saturated heterocycles. The second-order valence-electron chi connectivity index (χ2n) is 5.16. The minimum absolute atomic E-state index is 0.288. The van der Waals surface area contributed by atoms with Gasteiger partial charge in [-0.15, -0.1) is 21.5 Å². The number of nitrogens with one attached hydrogen (secondary N) is 1. The number of benzene rings is 1. The van der Waals surface area contributed by atoms with Gasteiger partial charge in [0.2, 0.25) is 17.3 Å². The average Bonchev–Trinajstić information content (AvgIpc) is 3.05. The molecule has 4 rings (SSSR count). The molecule has 1 N–H and O–H groups in total. The molecule has 23 heavy (non-hydrogen) atoms. The quantitative estimate of drug-likeness (QED) is 0.707. The molecule has 1 aromatic carbocycles. The molecule has 0 spiro atoms. The minimum atomic E-state index is -0.288. The summed E-state index contributed by atoms with van der Waals surface area (Å²) in [5, 5.41) is 14.6. The highest BCUT2D eigenvalue weighted by Crippen LogP contribution is 2.40. The van der Waals surface area contributed by atoms with E-state index in [4.69, 9.17) is 4.74 Å². The average molecular weight is 342 g/mol. The fourth-order valence-corrected chi connectivity index (χ4v) is 3.47. The van der Waals surface area contributed by atoms with E-state index in [-0.39, 0.29) is 6.23 Å². The number of rotatable bonds is 2. The predicted molar refractivity (Wildman–Crippen MR) is 93.1 cm³/mol. The molecular formula is C16H14N4OS2. The van der Waals surface area contributed by atoms with Crippen LogP contribution in [0, 0.1) is 6.92 Å². The van der Waals surface area contributed by atoms with Crippen LogP contribution in [0.15, 0.2) is 40.9 Å². The number of hydrogen-bond donors (Lipinski definition) is 1. The summed E-state index contributed by atoms with van der Waals surface area (Å²) in [6.45, 7) is 2.06. The van der Waals surface area contributed by atoms with Gasteiger partial charge in [-0.2, -0.15) is 4.98 Å².